The summed E-state index contributed by atoms with van der Waals surface area (Å²) in [6, 6.07) is 9.26. The van der Waals surface area contributed by atoms with Crippen molar-refractivity contribution in [3.63, 3.8) is 0 Å². The van der Waals surface area contributed by atoms with E-state index in [-0.39, 0.29) is 5.54 Å². The van der Waals surface area contributed by atoms with Crippen molar-refractivity contribution in [2.75, 3.05) is 32.1 Å². The molecule has 1 aromatic carbocycles. The molecule has 1 aliphatic rings. The van der Waals surface area contributed by atoms with Crippen molar-refractivity contribution in [3.8, 4) is 0 Å². The molecule has 2 rings (SSSR count). The maximum absolute atomic E-state index is 6.10. The molecule has 18 heavy (non-hydrogen) atoms. The minimum atomic E-state index is 0.0714. The number of nitrogens with zero attached hydrogens (tertiary/aromatic N) is 2. The molecule has 1 aliphatic heterocycles. The van der Waals surface area contributed by atoms with E-state index in [2.05, 4.69) is 62.0 Å². The molecule has 100 valence electrons. The first kappa shape index (κ1) is 13.4. The second-order valence-electron chi connectivity index (χ2n) is 5.79. The maximum Gasteiger partial charge on any atom is 0.0662 e. The molecule has 1 fully saturated rings. The van der Waals surface area contributed by atoms with Crippen LogP contribution in [0.2, 0.25) is 0 Å². The van der Waals surface area contributed by atoms with Gasteiger partial charge >= 0.3 is 0 Å². The van der Waals surface area contributed by atoms with Crippen molar-refractivity contribution >= 4 is 5.69 Å². The van der Waals surface area contributed by atoms with Gasteiger partial charge in [-0.15, -0.1) is 0 Å². The molecule has 2 unspecified atom stereocenters. The Bertz CT molecular complexity index is 406. The maximum atomic E-state index is 6.10. The highest BCUT2D eigenvalue weighted by molar-refractivity contribution is 5.51. The van der Waals surface area contributed by atoms with Crippen LogP contribution in [0.15, 0.2) is 24.3 Å². The molecule has 2 N–H and O–H groups in total. The van der Waals surface area contributed by atoms with Crippen LogP contribution in [0.4, 0.5) is 5.69 Å². The molecule has 3 nitrogen and oxygen atoms in total. The number of likely N-dealkylation sites (tertiary alicyclic amines) is 1. The largest absolute Gasteiger partial charge is 0.366 e. The third-order valence-corrected chi connectivity index (χ3v) is 4.45. The lowest BCUT2D eigenvalue weighted by Gasteiger charge is -2.39. The number of benzene rings is 1. The van der Waals surface area contributed by atoms with E-state index in [1.165, 1.54) is 11.3 Å². The third-order valence-electron chi connectivity index (χ3n) is 4.45. The molecule has 0 spiro atoms. The Balaban J connectivity index is 2.28. The van der Waals surface area contributed by atoms with Crippen LogP contribution in [-0.2, 0) is 0 Å². The average Bonchev–Trinajstić information content (AvgIpc) is 2.65. The van der Waals surface area contributed by atoms with Crippen LogP contribution in [0.1, 0.15) is 18.9 Å². The summed E-state index contributed by atoms with van der Waals surface area (Å²) in [5, 5.41) is 0. The van der Waals surface area contributed by atoms with Crippen molar-refractivity contribution in [3.05, 3.63) is 29.8 Å². The van der Waals surface area contributed by atoms with E-state index in [1.54, 1.807) is 0 Å². The van der Waals surface area contributed by atoms with Gasteiger partial charge in [-0.2, -0.15) is 0 Å². The summed E-state index contributed by atoms with van der Waals surface area (Å²) in [5.41, 5.74) is 8.74. The van der Waals surface area contributed by atoms with Crippen LogP contribution in [-0.4, -0.2) is 43.7 Å². The molecule has 0 aliphatic carbocycles. The Morgan fingerprint density at radius 3 is 2.72 bits per heavy atom. The zero-order valence-corrected chi connectivity index (χ0v) is 12.0. The van der Waals surface area contributed by atoms with Gasteiger partial charge in [0.1, 0.15) is 0 Å². The van der Waals surface area contributed by atoms with Gasteiger partial charge < -0.3 is 15.5 Å². The van der Waals surface area contributed by atoms with E-state index in [9.17, 15) is 0 Å². The fourth-order valence-electron chi connectivity index (χ4n) is 3.03. The molecule has 0 amide bonds. The van der Waals surface area contributed by atoms with Crippen molar-refractivity contribution in [2.45, 2.75) is 31.8 Å². The molecule has 3 heteroatoms. The number of hydrogen-bond acceptors (Lipinski definition) is 3. The molecular formula is C15H25N3. The summed E-state index contributed by atoms with van der Waals surface area (Å²) in [4.78, 5) is 4.78. The second-order valence-corrected chi connectivity index (χ2v) is 5.79. The molecule has 1 aromatic rings. The molecule has 0 radical (unpaired) electrons. The van der Waals surface area contributed by atoms with Crippen LogP contribution in [0, 0.1) is 6.92 Å². The summed E-state index contributed by atoms with van der Waals surface area (Å²) >= 11 is 0. The Kier molecular flexibility index (Phi) is 3.64. The minimum Gasteiger partial charge on any atom is -0.366 e. The summed E-state index contributed by atoms with van der Waals surface area (Å²) < 4.78 is 0. The molecule has 0 aromatic heterocycles. The number of likely N-dealkylation sites (N-methyl/N-ethyl adjacent to an activating group) is 2. The molecule has 1 saturated heterocycles. The van der Waals surface area contributed by atoms with E-state index in [4.69, 9.17) is 5.73 Å². The first-order valence-electron chi connectivity index (χ1n) is 6.69. The monoisotopic (exact) mass is 247 g/mol. The lowest BCUT2D eigenvalue weighted by molar-refractivity contribution is 0.318. The Morgan fingerprint density at radius 1 is 1.50 bits per heavy atom. The second kappa shape index (κ2) is 4.90. The minimum absolute atomic E-state index is 0.0714. The van der Waals surface area contributed by atoms with Crippen molar-refractivity contribution in [2.24, 2.45) is 5.73 Å². The van der Waals surface area contributed by atoms with Crippen LogP contribution < -0.4 is 10.6 Å². The number of aryl methyl sites for hydroxylation is 1. The number of nitrogens with two attached hydrogens (primary N) is 1. The first-order chi connectivity index (χ1) is 8.48. The van der Waals surface area contributed by atoms with Gasteiger partial charge in [-0.25, -0.2) is 0 Å². The van der Waals surface area contributed by atoms with E-state index in [0.717, 1.165) is 13.0 Å². The Hall–Kier alpha value is -1.06. The first-order valence-corrected chi connectivity index (χ1v) is 6.69. The van der Waals surface area contributed by atoms with Gasteiger partial charge in [0.05, 0.1) is 5.54 Å². The SMILES string of the molecule is Cc1cccc(N(C)C2(CN)CC(C)N(C)C2)c1. The van der Waals surface area contributed by atoms with Crippen molar-refractivity contribution in [1.29, 1.82) is 0 Å². The van der Waals surface area contributed by atoms with E-state index in [0.29, 0.717) is 12.6 Å². The van der Waals surface area contributed by atoms with Gasteiger partial charge in [0.25, 0.3) is 0 Å². The van der Waals surface area contributed by atoms with E-state index < -0.39 is 0 Å². The Labute approximate surface area is 111 Å². The van der Waals surface area contributed by atoms with E-state index >= 15 is 0 Å². The van der Waals surface area contributed by atoms with Gasteiger partial charge in [0.15, 0.2) is 0 Å². The smallest absolute Gasteiger partial charge is 0.0662 e. The third kappa shape index (κ3) is 2.25. The summed E-state index contributed by atoms with van der Waals surface area (Å²) in [6.45, 7) is 6.15. The molecule has 2 atom stereocenters. The highest BCUT2D eigenvalue weighted by Crippen LogP contribution is 2.33. The highest BCUT2D eigenvalue weighted by atomic mass is 15.3. The van der Waals surface area contributed by atoms with Crippen LogP contribution in [0.25, 0.3) is 0 Å². The van der Waals surface area contributed by atoms with Gasteiger partial charge in [-0.3, -0.25) is 0 Å². The number of hydrogen-bond donors (Lipinski definition) is 1. The normalized spacial score (nSPS) is 28.6. The zero-order valence-electron chi connectivity index (χ0n) is 12.0. The zero-order chi connectivity index (χ0) is 13.3. The summed E-state index contributed by atoms with van der Waals surface area (Å²) in [7, 11) is 4.36. The van der Waals surface area contributed by atoms with Crippen LogP contribution in [0.5, 0.6) is 0 Å². The average molecular weight is 247 g/mol. The quantitative estimate of drug-likeness (QED) is 0.885. The van der Waals surface area contributed by atoms with Gasteiger partial charge in [0, 0.05) is 31.9 Å². The van der Waals surface area contributed by atoms with Crippen molar-refractivity contribution < 1.29 is 0 Å². The molecular weight excluding hydrogens is 222 g/mol. The molecule has 0 bridgehead atoms. The molecule has 1 heterocycles. The lowest BCUT2D eigenvalue weighted by Crippen LogP contribution is -2.54. The topological polar surface area (TPSA) is 32.5 Å². The number of anilines is 1. The predicted octanol–water partition coefficient (Wildman–Crippen LogP) is 1.85. The lowest BCUT2D eigenvalue weighted by atomic mass is 9.93. The standard InChI is InChI=1S/C15H25N3/c1-12-6-5-7-14(8-12)18(4)15(10-16)9-13(2)17(3)11-15/h5-8,13H,9-11,16H2,1-4H3. The Morgan fingerprint density at radius 2 is 2.22 bits per heavy atom. The van der Waals surface area contributed by atoms with Crippen molar-refractivity contribution in [1.82, 2.24) is 4.90 Å². The van der Waals surface area contributed by atoms with Gasteiger partial charge in [0.2, 0.25) is 0 Å². The predicted molar refractivity (Wildman–Crippen MR) is 78.1 cm³/mol. The fourth-order valence-corrected chi connectivity index (χ4v) is 3.03. The highest BCUT2D eigenvalue weighted by Gasteiger charge is 2.42. The van der Waals surface area contributed by atoms with Gasteiger partial charge in [-0.05, 0) is 45.0 Å². The van der Waals surface area contributed by atoms with Gasteiger partial charge in [-0.1, -0.05) is 12.1 Å². The molecule has 0 saturated carbocycles. The van der Waals surface area contributed by atoms with Crippen LogP contribution >= 0.6 is 0 Å². The summed E-state index contributed by atoms with van der Waals surface area (Å²) in [5.74, 6) is 0. The summed E-state index contributed by atoms with van der Waals surface area (Å²) in [6.07, 6.45) is 1.13. The number of rotatable bonds is 3. The van der Waals surface area contributed by atoms with Crippen LogP contribution in [0.3, 0.4) is 0 Å². The van der Waals surface area contributed by atoms with E-state index in [1.807, 2.05) is 0 Å². The fraction of sp³-hybridized carbons (Fsp3) is 0.600.